The van der Waals surface area contributed by atoms with Crippen LogP contribution in [-0.2, 0) is 11.3 Å². The Morgan fingerprint density at radius 1 is 1.18 bits per heavy atom. The number of benzene rings is 1. The third-order valence-electron chi connectivity index (χ3n) is 2.89. The zero-order chi connectivity index (χ0) is 12.4. The quantitative estimate of drug-likeness (QED) is 0.817. The van der Waals surface area contributed by atoms with Gasteiger partial charge in [0, 0.05) is 19.6 Å². The monoisotopic (exact) mass is 273 g/mol. The van der Waals surface area contributed by atoms with Gasteiger partial charge in [0.05, 0.1) is 22.3 Å². The lowest BCUT2D eigenvalue weighted by molar-refractivity contribution is -0.0704. The predicted molar refractivity (Wildman–Crippen MR) is 71.7 cm³/mol. The fourth-order valence-corrected chi connectivity index (χ4v) is 2.63. The summed E-state index contributed by atoms with van der Waals surface area (Å²) >= 11 is 11.9. The summed E-state index contributed by atoms with van der Waals surface area (Å²) in [4.78, 5) is 2.39. The lowest BCUT2D eigenvalue weighted by Gasteiger charge is -2.35. The van der Waals surface area contributed by atoms with Gasteiger partial charge in [0.1, 0.15) is 0 Å². The van der Waals surface area contributed by atoms with Gasteiger partial charge in [-0.25, -0.2) is 0 Å². The molecule has 0 N–H and O–H groups in total. The molecule has 2 nitrogen and oxygen atoms in total. The number of halogens is 2. The van der Waals surface area contributed by atoms with Crippen LogP contribution in [0, 0.1) is 0 Å². The Balaban J connectivity index is 2.02. The highest BCUT2D eigenvalue weighted by Gasteiger charge is 2.22. The molecule has 1 fully saturated rings. The molecule has 1 aromatic rings. The minimum absolute atomic E-state index is 0.293. The van der Waals surface area contributed by atoms with Crippen molar-refractivity contribution in [2.24, 2.45) is 0 Å². The van der Waals surface area contributed by atoms with Crippen LogP contribution in [-0.4, -0.2) is 30.2 Å². The molecule has 0 aromatic heterocycles. The minimum Gasteiger partial charge on any atom is -0.373 e. The second-order valence-corrected chi connectivity index (χ2v) is 5.51. The van der Waals surface area contributed by atoms with E-state index in [-0.39, 0.29) is 0 Å². The van der Waals surface area contributed by atoms with Gasteiger partial charge in [-0.05, 0) is 31.5 Å². The molecule has 0 radical (unpaired) electrons. The second kappa shape index (κ2) is 5.57. The molecular weight excluding hydrogens is 257 g/mol. The fourth-order valence-electron chi connectivity index (χ4n) is 2.31. The highest BCUT2D eigenvalue weighted by atomic mass is 35.5. The van der Waals surface area contributed by atoms with E-state index in [0.717, 1.165) is 19.6 Å². The molecule has 2 atom stereocenters. The van der Waals surface area contributed by atoms with Crippen molar-refractivity contribution in [2.45, 2.75) is 32.6 Å². The van der Waals surface area contributed by atoms with Crippen molar-refractivity contribution in [1.82, 2.24) is 4.90 Å². The standard InChI is InChI=1S/C13H17Cl2NO/c1-9-6-16(7-10(2)17-9)8-11-3-4-12(14)13(15)5-11/h3-5,9-10H,6-8H2,1-2H3. The van der Waals surface area contributed by atoms with Gasteiger partial charge in [0.2, 0.25) is 0 Å². The first-order valence-corrected chi connectivity index (χ1v) is 6.62. The van der Waals surface area contributed by atoms with Crippen molar-refractivity contribution in [2.75, 3.05) is 13.1 Å². The lowest BCUT2D eigenvalue weighted by Crippen LogP contribution is -2.44. The topological polar surface area (TPSA) is 12.5 Å². The van der Waals surface area contributed by atoms with E-state index in [4.69, 9.17) is 27.9 Å². The second-order valence-electron chi connectivity index (χ2n) is 4.70. The van der Waals surface area contributed by atoms with E-state index in [1.165, 1.54) is 5.56 Å². The molecule has 1 heterocycles. The maximum Gasteiger partial charge on any atom is 0.0678 e. The van der Waals surface area contributed by atoms with Gasteiger partial charge in [-0.1, -0.05) is 29.3 Å². The molecule has 1 aliphatic rings. The molecule has 1 aromatic carbocycles. The van der Waals surface area contributed by atoms with E-state index in [0.29, 0.717) is 22.3 Å². The molecule has 0 spiro atoms. The highest BCUT2D eigenvalue weighted by Crippen LogP contribution is 2.24. The van der Waals surface area contributed by atoms with E-state index in [2.05, 4.69) is 18.7 Å². The smallest absolute Gasteiger partial charge is 0.0678 e. The number of nitrogens with zero attached hydrogens (tertiary/aromatic N) is 1. The average Bonchev–Trinajstić information content (AvgIpc) is 2.22. The zero-order valence-electron chi connectivity index (χ0n) is 10.1. The Hall–Kier alpha value is -0.280. The van der Waals surface area contributed by atoms with Gasteiger partial charge in [0.15, 0.2) is 0 Å². The molecule has 0 amide bonds. The van der Waals surface area contributed by atoms with Crippen molar-refractivity contribution in [3.8, 4) is 0 Å². The van der Waals surface area contributed by atoms with Crippen LogP contribution in [0.15, 0.2) is 18.2 Å². The fraction of sp³-hybridized carbons (Fsp3) is 0.538. The summed E-state index contributed by atoms with van der Waals surface area (Å²) < 4.78 is 5.71. The summed E-state index contributed by atoms with van der Waals surface area (Å²) in [6, 6.07) is 5.82. The molecule has 2 rings (SSSR count). The van der Waals surface area contributed by atoms with Crippen LogP contribution in [0.1, 0.15) is 19.4 Å². The van der Waals surface area contributed by atoms with Crippen molar-refractivity contribution in [3.63, 3.8) is 0 Å². The van der Waals surface area contributed by atoms with E-state index in [1.54, 1.807) is 0 Å². The summed E-state index contributed by atoms with van der Waals surface area (Å²) in [6.07, 6.45) is 0.586. The van der Waals surface area contributed by atoms with E-state index >= 15 is 0 Å². The van der Waals surface area contributed by atoms with Crippen LogP contribution in [0.4, 0.5) is 0 Å². The summed E-state index contributed by atoms with van der Waals surface area (Å²) in [5.74, 6) is 0. The van der Waals surface area contributed by atoms with Gasteiger partial charge in [-0.15, -0.1) is 0 Å². The average molecular weight is 274 g/mol. The molecule has 17 heavy (non-hydrogen) atoms. The minimum atomic E-state index is 0.293. The third-order valence-corrected chi connectivity index (χ3v) is 3.62. The van der Waals surface area contributed by atoms with Crippen LogP contribution in [0.3, 0.4) is 0 Å². The summed E-state index contributed by atoms with van der Waals surface area (Å²) in [7, 11) is 0. The number of rotatable bonds is 2. The van der Waals surface area contributed by atoms with Crippen molar-refractivity contribution in [3.05, 3.63) is 33.8 Å². The Morgan fingerprint density at radius 3 is 2.41 bits per heavy atom. The van der Waals surface area contributed by atoms with Crippen LogP contribution in [0.2, 0.25) is 10.0 Å². The molecular formula is C13H17Cl2NO. The Labute approximate surface area is 112 Å². The summed E-state index contributed by atoms with van der Waals surface area (Å²) in [5.41, 5.74) is 1.20. The van der Waals surface area contributed by atoms with Gasteiger partial charge in [0.25, 0.3) is 0 Å². The number of morpholine rings is 1. The van der Waals surface area contributed by atoms with Gasteiger partial charge in [-0.2, -0.15) is 0 Å². The maximum absolute atomic E-state index is 6.01. The molecule has 1 aliphatic heterocycles. The summed E-state index contributed by atoms with van der Waals surface area (Å²) in [5, 5.41) is 1.23. The third kappa shape index (κ3) is 3.59. The molecule has 4 heteroatoms. The van der Waals surface area contributed by atoms with Crippen molar-refractivity contribution in [1.29, 1.82) is 0 Å². The highest BCUT2D eigenvalue weighted by molar-refractivity contribution is 6.42. The number of hydrogen-bond donors (Lipinski definition) is 0. The van der Waals surface area contributed by atoms with Crippen molar-refractivity contribution >= 4 is 23.2 Å². The molecule has 1 saturated heterocycles. The molecule has 0 saturated carbocycles. The van der Waals surface area contributed by atoms with Crippen molar-refractivity contribution < 1.29 is 4.74 Å². The number of ether oxygens (including phenoxy) is 1. The Kier molecular flexibility index (Phi) is 4.31. The van der Waals surface area contributed by atoms with E-state index in [1.807, 2.05) is 18.2 Å². The zero-order valence-corrected chi connectivity index (χ0v) is 11.6. The predicted octanol–water partition coefficient (Wildman–Crippen LogP) is 3.60. The SMILES string of the molecule is CC1CN(Cc2ccc(Cl)c(Cl)c2)CC(C)O1. The number of hydrogen-bond acceptors (Lipinski definition) is 2. The molecule has 94 valence electrons. The molecule has 0 aliphatic carbocycles. The summed E-state index contributed by atoms with van der Waals surface area (Å²) in [6.45, 7) is 7.04. The molecule has 0 bridgehead atoms. The Bertz CT molecular complexity index is 387. The van der Waals surface area contributed by atoms with Crippen LogP contribution >= 0.6 is 23.2 Å². The Morgan fingerprint density at radius 2 is 1.82 bits per heavy atom. The first-order chi connectivity index (χ1) is 8.04. The van der Waals surface area contributed by atoms with Gasteiger partial charge >= 0.3 is 0 Å². The van der Waals surface area contributed by atoms with E-state index < -0.39 is 0 Å². The first-order valence-electron chi connectivity index (χ1n) is 5.86. The molecule has 2 unspecified atom stereocenters. The van der Waals surface area contributed by atoms with Crippen LogP contribution in [0.5, 0.6) is 0 Å². The van der Waals surface area contributed by atoms with Gasteiger partial charge < -0.3 is 4.74 Å². The largest absolute Gasteiger partial charge is 0.373 e. The van der Waals surface area contributed by atoms with Crippen LogP contribution in [0.25, 0.3) is 0 Å². The van der Waals surface area contributed by atoms with Gasteiger partial charge in [-0.3, -0.25) is 4.90 Å². The first kappa shape index (κ1) is 13.2. The normalized spacial score (nSPS) is 26.1. The van der Waals surface area contributed by atoms with Crippen LogP contribution < -0.4 is 0 Å². The lowest BCUT2D eigenvalue weighted by atomic mass is 10.1. The maximum atomic E-state index is 6.01. The van der Waals surface area contributed by atoms with E-state index in [9.17, 15) is 0 Å².